The zero-order valence-electron chi connectivity index (χ0n) is 17.2. The van der Waals surface area contributed by atoms with Crippen molar-refractivity contribution in [1.29, 1.82) is 5.26 Å². The van der Waals surface area contributed by atoms with Crippen LogP contribution in [0.5, 0.6) is 11.5 Å². The topological polar surface area (TPSA) is 65.8 Å². The molecular formula is C22H26ClN3O3. The van der Waals surface area contributed by atoms with Gasteiger partial charge >= 0.3 is 0 Å². The van der Waals surface area contributed by atoms with E-state index in [0.717, 1.165) is 5.56 Å². The largest absolute Gasteiger partial charge is 0.493 e. The molecule has 0 heterocycles. The molecule has 0 aromatic heterocycles. The van der Waals surface area contributed by atoms with Crippen molar-refractivity contribution in [3.8, 4) is 17.6 Å². The minimum atomic E-state index is -0.153. The van der Waals surface area contributed by atoms with Gasteiger partial charge < -0.3 is 19.3 Å². The number of amides is 1. The first-order valence-corrected chi connectivity index (χ1v) is 9.70. The third kappa shape index (κ3) is 6.11. The summed E-state index contributed by atoms with van der Waals surface area (Å²) in [7, 11) is 5.44. The van der Waals surface area contributed by atoms with E-state index in [2.05, 4.69) is 6.07 Å². The lowest BCUT2D eigenvalue weighted by molar-refractivity contribution is 0.0731. The van der Waals surface area contributed by atoms with Crippen LogP contribution < -0.4 is 9.47 Å². The zero-order chi connectivity index (χ0) is 21.4. The van der Waals surface area contributed by atoms with Crippen LogP contribution in [0.15, 0.2) is 36.4 Å². The fourth-order valence-corrected chi connectivity index (χ4v) is 3.05. The lowest BCUT2D eigenvalue weighted by Gasteiger charge is -2.25. The average molecular weight is 416 g/mol. The van der Waals surface area contributed by atoms with E-state index < -0.39 is 0 Å². The van der Waals surface area contributed by atoms with Gasteiger partial charge in [-0.05, 0) is 50.8 Å². The molecule has 2 aromatic carbocycles. The third-order valence-electron chi connectivity index (χ3n) is 4.33. The summed E-state index contributed by atoms with van der Waals surface area (Å²) in [6.45, 7) is 3.97. The SMILES string of the molecule is CCOc1c(Cl)cc(C(=O)N(CCN(C)C)Cc2ccc(C#N)cc2)cc1OC. The average Bonchev–Trinajstić information content (AvgIpc) is 2.72. The van der Waals surface area contributed by atoms with Gasteiger partial charge in [0.05, 0.1) is 30.4 Å². The molecule has 0 aliphatic heterocycles. The van der Waals surface area contributed by atoms with E-state index >= 15 is 0 Å². The van der Waals surface area contributed by atoms with Crippen LogP contribution >= 0.6 is 11.6 Å². The van der Waals surface area contributed by atoms with Crippen LogP contribution in [0.2, 0.25) is 5.02 Å². The molecule has 1 amide bonds. The molecule has 0 saturated carbocycles. The van der Waals surface area contributed by atoms with Gasteiger partial charge in [-0.15, -0.1) is 0 Å². The summed E-state index contributed by atoms with van der Waals surface area (Å²) in [6, 6.07) is 12.6. The fourth-order valence-electron chi connectivity index (χ4n) is 2.79. The van der Waals surface area contributed by atoms with Crippen LogP contribution in [-0.2, 0) is 6.54 Å². The number of nitrogens with zero attached hydrogens (tertiary/aromatic N) is 3. The maximum Gasteiger partial charge on any atom is 0.254 e. The van der Waals surface area contributed by atoms with Gasteiger partial charge in [-0.3, -0.25) is 4.79 Å². The van der Waals surface area contributed by atoms with Crippen molar-refractivity contribution in [2.24, 2.45) is 0 Å². The monoisotopic (exact) mass is 415 g/mol. The molecule has 0 aliphatic rings. The molecule has 29 heavy (non-hydrogen) atoms. The maximum atomic E-state index is 13.3. The molecule has 0 unspecified atom stereocenters. The van der Waals surface area contributed by atoms with Gasteiger partial charge in [-0.2, -0.15) is 5.26 Å². The Morgan fingerprint density at radius 1 is 1.17 bits per heavy atom. The molecule has 0 saturated heterocycles. The van der Waals surface area contributed by atoms with Gasteiger partial charge in [0.1, 0.15) is 0 Å². The highest BCUT2D eigenvalue weighted by atomic mass is 35.5. The van der Waals surface area contributed by atoms with Crippen LogP contribution in [-0.4, -0.2) is 56.6 Å². The summed E-state index contributed by atoms with van der Waals surface area (Å²) in [6.07, 6.45) is 0. The van der Waals surface area contributed by atoms with Crippen molar-refractivity contribution in [1.82, 2.24) is 9.80 Å². The van der Waals surface area contributed by atoms with E-state index in [1.165, 1.54) is 7.11 Å². The quantitative estimate of drug-likeness (QED) is 0.622. The van der Waals surface area contributed by atoms with Crippen molar-refractivity contribution >= 4 is 17.5 Å². The number of benzene rings is 2. The minimum Gasteiger partial charge on any atom is -0.493 e. The van der Waals surface area contributed by atoms with Gasteiger partial charge in [-0.1, -0.05) is 23.7 Å². The number of ether oxygens (including phenoxy) is 2. The number of halogens is 1. The number of carbonyl (C=O) groups excluding carboxylic acids is 1. The minimum absolute atomic E-state index is 0.153. The molecule has 0 spiro atoms. The third-order valence-corrected chi connectivity index (χ3v) is 4.61. The summed E-state index contributed by atoms with van der Waals surface area (Å²) in [5.74, 6) is 0.702. The van der Waals surface area contributed by atoms with Gasteiger partial charge in [0.2, 0.25) is 0 Å². The van der Waals surface area contributed by atoms with Gasteiger partial charge in [-0.25, -0.2) is 0 Å². The van der Waals surface area contributed by atoms with E-state index in [-0.39, 0.29) is 5.91 Å². The molecule has 2 rings (SSSR count). The lowest BCUT2D eigenvalue weighted by Crippen LogP contribution is -2.36. The van der Waals surface area contributed by atoms with Crippen molar-refractivity contribution in [2.75, 3.05) is 40.9 Å². The van der Waals surface area contributed by atoms with Crippen LogP contribution in [0, 0.1) is 11.3 Å². The van der Waals surface area contributed by atoms with Crippen molar-refractivity contribution in [3.63, 3.8) is 0 Å². The standard InChI is InChI=1S/C22H26ClN3O3/c1-5-29-21-19(23)12-18(13-20(21)28-4)22(27)26(11-10-25(2)3)15-17-8-6-16(14-24)7-9-17/h6-9,12-13H,5,10-11,15H2,1-4H3. The van der Waals surface area contributed by atoms with E-state index in [9.17, 15) is 4.79 Å². The molecule has 0 bridgehead atoms. The Kier molecular flexibility index (Phi) is 8.32. The first kappa shape index (κ1) is 22.5. The Bertz CT molecular complexity index is 876. The molecular weight excluding hydrogens is 390 g/mol. The molecule has 0 aliphatic carbocycles. The van der Waals surface area contributed by atoms with Gasteiger partial charge in [0, 0.05) is 25.2 Å². The smallest absolute Gasteiger partial charge is 0.254 e. The number of nitriles is 1. The number of carbonyl (C=O) groups is 1. The van der Waals surface area contributed by atoms with Crippen LogP contribution in [0.1, 0.15) is 28.4 Å². The molecule has 0 N–H and O–H groups in total. The lowest BCUT2D eigenvalue weighted by atomic mass is 10.1. The summed E-state index contributed by atoms with van der Waals surface area (Å²) in [5.41, 5.74) is 1.96. The first-order valence-electron chi connectivity index (χ1n) is 9.33. The van der Waals surface area contributed by atoms with E-state index in [0.29, 0.717) is 53.9 Å². The summed E-state index contributed by atoms with van der Waals surface area (Å²) >= 11 is 6.35. The van der Waals surface area contributed by atoms with E-state index in [4.69, 9.17) is 26.3 Å². The molecule has 2 aromatic rings. The summed E-state index contributed by atoms with van der Waals surface area (Å²) in [4.78, 5) is 17.0. The summed E-state index contributed by atoms with van der Waals surface area (Å²) in [5, 5.41) is 9.31. The number of likely N-dealkylation sites (N-methyl/N-ethyl adjacent to an activating group) is 1. The summed E-state index contributed by atoms with van der Waals surface area (Å²) < 4.78 is 10.9. The van der Waals surface area contributed by atoms with Gasteiger partial charge in [0.15, 0.2) is 11.5 Å². The number of hydrogen-bond acceptors (Lipinski definition) is 5. The van der Waals surface area contributed by atoms with Crippen molar-refractivity contribution < 1.29 is 14.3 Å². The Balaban J connectivity index is 2.32. The molecule has 7 heteroatoms. The highest BCUT2D eigenvalue weighted by Crippen LogP contribution is 2.36. The number of hydrogen-bond donors (Lipinski definition) is 0. The van der Waals surface area contributed by atoms with Crippen LogP contribution in [0.25, 0.3) is 0 Å². The molecule has 0 fully saturated rings. The Morgan fingerprint density at radius 2 is 1.86 bits per heavy atom. The molecule has 154 valence electrons. The highest BCUT2D eigenvalue weighted by Gasteiger charge is 2.21. The normalized spacial score (nSPS) is 10.5. The van der Waals surface area contributed by atoms with Crippen LogP contribution in [0.4, 0.5) is 0 Å². The van der Waals surface area contributed by atoms with Gasteiger partial charge in [0.25, 0.3) is 5.91 Å². The van der Waals surface area contributed by atoms with Crippen LogP contribution in [0.3, 0.4) is 0 Å². The van der Waals surface area contributed by atoms with E-state index in [1.807, 2.05) is 38.1 Å². The molecule has 0 radical (unpaired) electrons. The predicted molar refractivity (Wildman–Crippen MR) is 114 cm³/mol. The second kappa shape index (κ2) is 10.7. The first-order chi connectivity index (χ1) is 13.9. The second-order valence-electron chi connectivity index (χ2n) is 6.76. The second-order valence-corrected chi connectivity index (χ2v) is 7.17. The molecule has 0 atom stereocenters. The van der Waals surface area contributed by atoms with E-state index in [1.54, 1.807) is 29.2 Å². The maximum absolute atomic E-state index is 13.3. The highest BCUT2D eigenvalue weighted by molar-refractivity contribution is 6.32. The predicted octanol–water partition coefficient (Wildman–Crippen LogP) is 3.82. The Labute approximate surface area is 177 Å². The fraction of sp³-hybridized carbons (Fsp3) is 0.364. The zero-order valence-corrected chi connectivity index (χ0v) is 18.0. The molecule has 6 nitrogen and oxygen atoms in total. The number of methoxy groups -OCH3 is 1. The van der Waals surface area contributed by atoms with Crippen molar-refractivity contribution in [3.05, 3.63) is 58.1 Å². The number of rotatable bonds is 9. The Morgan fingerprint density at radius 3 is 2.41 bits per heavy atom. The Hall–Kier alpha value is -2.75. The van der Waals surface area contributed by atoms with Crippen molar-refractivity contribution in [2.45, 2.75) is 13.5 Å².